The first kappa shape index (κ1) is 16.7. The first-order valence-corrected chi connectivity index (χ1v) is 6.04. The highest BCUT2D eigenvalue weighted by Gasteiger charge is 2.27. The number of carboxylic acid groups (broad SMARTS) is 1. The van der Waals surface area contributed by atoms with Crippen molar-refractivity contribution in [2.24, 2.45) is 5.92 Å². The highest BCUT2D eigenvalue weighted by Crippen LogP contribution is 2.08. The molecule has 0 fully saturated rings. The Morgan fingerprint density at radius 3 is 2.33 bits per heavy atom. The van der Waals surface area contributed by atoms with E-state index in [-0.39, 0.29) is 5.92 Å². The Hall–Kier alpha value is -1.30. The van der Waals surface area contributed by atoms with Gasteiger partial charge in [-0.15, -0.1) is 0 Å². The molecule has 0 aromatic carbocycles. The van der Waals surface area contributed by atoms with Crippen LogP contribution in [-0.4, -0.2) is 42.4 Å². The second-order valence-electron chi connectivity index (χ2n) is 5.12. The number of carbonyl (C=O) groups is 2. The zero-order valence-electron chi connectivity index (χ0n) is 11.7. The maximum Gasteiger partial charge on any atom is 0.326 e. The van der Waals surface area contributed by atoms with Crippen LogP contribution >= 0.6 is 0 Å². The molecule has 2 atom stereocenters. The van der Waals surface area contributed by atoms with E-state index in [0.29, 0.717) is 13.0 Å². The van der Waals surface area contributed by atoms with E-state index in [2.05, 4.69) is 10.6 Å². The summed E-state index contributed by atoms with van der Waals surface area (Å²) in [6, 6.07) is -1.38. The minimum atomic E-state index is -1.02. The van der Waals surface area contributed by atoms with Gasteiger partial charge in [0.2, 0.25) is 0 Å². The molecule has 6 nitrogen and oxygen atoms in total. The predicted molar refractivity (Wildman–Crippen MR) is 68.5 cm³/mol. The molecule has 0 aliphatic rings. The van der Waals surface area contributed by atoms with E-state index in [0.717, 1.165) is 0 Å². The van der Waals surface area contributed by atoms with Crippen molar-refractivity contribution >= 4 is 12.0 Å². The van der Waals surface area contributed by atoms with Crippen molar-refractivity contribution in [2.75, 3.05) is 13.7 Å². The summed E-state index contributed by atoms with van der Waals surface area (Å²) < 4.78 is 4.97. The van der Waals surface area contributed by atoms with E-state index >= 15 is 0 Å². The zero-order chi connectivity index (χ0) is 14.3. The standard InChI is InChI=1S/C12H24N2O4/c1-6-8(2)9(10(15)16)13-11(17)14-12(3,4)7-18-5/h8-9H,6-7H2,1-5H3,(H,15,16)(H2,13,14,17). The van der Waals surface area contributed by atoms with Crippen molar-refractivity contribution in [1.82, 2.24) is 10.6 Å². The molecule has 6 heteroatoms. The number of methoxy groups -OCH3 is 1. The third-order valence-corrected chi connectivity index (χ3v) is 2.72. The van der Waals surface area contributed by atoms with Gasteiger partial charge in [-0.05, 0) is 19.8 Å². The van der Waals surface area contributed by atoms with Crippen LogP contribution in [0.4, 0.5) is 4.79 Å². The molecule has 0 saturated heterocycles. The number of amides is 2. The lowest BCUT2D eigenvalue weighted by Crippen LogP contribution is -2.55. The number of urea groups is 1. The van der Waals surface area contributed by atoms with E-state index in [1.54, 1.807) is 27.9 Å². The molecule has 2 amide bonds. The second kappa shape index (κ2) is 7.20. The average Bonchev–Trinajstić information content (AvgIpc) is 2.23. The van der Waals surface area contributed by atoms with Gasteiger partial charge >= 0.3 is 12.0 Å². The second-order valence-corrected chi connectivity index (χ2v) is 5.12. The summed E-state index contributed by atoms with van der Waals surface area (Å²) in [6.45, 7) is 7.63. The molecule has 0 spiro atoms. The number of nitrogens with one attached hydrogen (secondary N) is 2. The molecular formula is C12H24N2O4. The summed E-state index contributed by atoms with van der Waals surface area (Å²) in [7, 11) is 1.54. The Kier molecular flexibility index (Phi) is 6.68. The number of rotatable bonds is 7. The molecule has 18 heavy (non-hydrogen) atoms. The van der Waals surface area contributed by atoms with Crippen molar-refractivity contribution in [3.8, 4) is 0 Å². The lowest BCUT2D eigenvalue weighted by molar-refractivity contribution is -0.140. The van der Waals surface area contributed by atoms with Crippen molar-refractivity contribution in [1.29, 1.82) is 0 Å². The number of carboxylic acids is 1. The van der Waals surface area contributed by atoms with Crippen LogP contribution in [-0.2, 0) is 9.53 Å². The van der Waals surface area contributed by atoms with Crippen LogP contribution in [0.15, 0.2) is 0 Å². The van der Waals surface area contributed by atoms with Crippen LogP contribution in [0, 0.1) is 5.92 Å². The SMILES string of the molecule is CCC(C)C(NC(=O)NC(C)(C)COC)C(=O)O. The summed E-state index contributed by atoms with van der Waals surface area (Å²) in [6.07, 6.45) is 0.679. The minimum absolute atomic E-state index is 0.126. The molecule has 0 aliphatic carbocycles. The van der Waals surface area contributed by atoms with Gasteiger partial charge in [0.1, 0.15) is 6.04 Å². The van der Waals surface area contributed by atoms with E-state index in [9.17, 15) is 9.59 Å². The third-order valence-electron chi connectivity index (χ3n) is 2.72. The number of hydrogen-bond donors (Lipinski definition) is 3. The fraction of sp³-hybridized carbons (Fsp3) is 0.833. The van der Waals surface area contributed by atoms with Crippen LogP contribution in [0.3, 0.4) is 0 Å². The average molecular weight is 260 g/mol. The van der Waals surface area contributed by atoms with Gasteiger partial charge < -0.3 is 20.5 Å². The lowest BCUT2D eigenvalue weighted by Gasteiger charge is -2.27. The lowest BCUT2D eigenvalue weighted by atomic mass is 9.99. The molecule has 106 valence electrons. The maximum atomic E-state index is 11.7. The highest BCUT2D eigenvalue weighted by atomic mass is 16.5. The molecule has 2 unspecified atom stereocenters. The molecule has 3 N–H and O–H groups in total. The number of ether oxygens (including phenoxy) is 1. The Balaban J connectivity index is 4.48. The minimum Gasteiger partial charge on any atom is -0.480 e. The Labute approximate surface area is 108 Å². The Morgan fingerprint density at radius 2 is 1.94 bits per heavy atom. The van der Waals surface area contributed by atoms with Crippen LogP contribution in [0.1, 0.15) is 34.1 Å². The molecule has 0 aromatic rings. The van der Waals surface area contributed by atoms with Gasteiger partial charge in [-0.1, -0.05) is 20.3 Å². The largest absolute Gasteiger partial charge is 0.480 e. The number of hydrogen-bond acceptors (Lipinski definition) is 3. The van der Waals surface area contributed by atoms with Gasteiger partial charge in [-0.25, -0.2) is 9.59 Å². The normalized spacial score (nSPS) is 14.7. The predicted octanol–water partition coefficient (Wildman–Crippen LogP) is 1.21. The van der Waals surface area contributed by atoms with Crippen LogP contribution in [0.25, 0.3) is 0 Å². The summed E-state index contributed by atoms with van der Waals surface area (Å²) >= 11 is 0. The first-order valence-electron chi connectivity index (χ1n) is 6.04. The fourth-order valence-corrected chi connectivity index (χ4v) is 1.56. The molecular weight excluding hydrogens is 236 g/mol. The van der Waals surface area contributed by atoms with Crippen LogP contribution in [0.5, 0.6) is 0 Å². The number of carbonyl (C=O) groups excluding carboxylic acids is 1. The molecule has 0 aromatic heterocycles. The monoisotopic (exact) mass is 260 g/mol. The molecule has 0 heterocycles. The summed E-state index contributed by atoms with van der Waals surface area (Å²) in [4.78, 5) is 22.8. The number of aliphatic carboxylic acids is 1. The summed E-state index contributed by atoms with van der Waals surface area (Å²) in [5.41, 5.74) is -0.544. The van der Waals surface area contributed by atoms with E-state index in [4.69, 9.17) is 9.84 Å². The van der Waals surface area contributed by atoms with Crippen LogP contribution in [0.2, 0.25) is 0 Å². The topological polar surface area (TPSA) is 87.7 Å². The van der Waals surface area contributed by atoms with Crippen molar-refractivity contribution in [3.63, 3.8) is 0 Å². The maximum absolute atomic E-state index is 11.7. The van der Waals surface area contributed by atoms with Gasteiger partial charge in [0.25, 0.3) is 0 Å². The van der Waals surface area contributed by atoms with Gasteiger partial charge in [0.15, 0.2) is 0 Å². The summed E-state index contributed by atoms with van der Waals surface area (Å²) in [5, 5.41) is 14.2. The van der Waals surface area contributed by atoms with Gasteiger partial charge in [-0.3, -0.25) is 0 Å². The molecule has 0 rings (SSSR count). The molecule has 0 saturated carbocycles. The fourth-order valence-electron chi connectivity index (χ4n) is 1.56. The smallest absolute Gasteiger partial charge is 0.326 e. The van der Waals surface area contributed by atoms with E-state index < -0.39 is 23.6 Å². The van der Waals surface area contributed by atoms with Crippen molar-refractivity contribution < 1.29 is 19.4 Å². The molecule has 0 bridgehead atoms. The summed E-state index contributed by atoms with van der Waals surface area (Å²) in [5.74, 6) is -1.15. The third kappa shape index (κ3) is 5.86. The zero-order valence-corrected chi connectivity index (χ0v) is 11.7. The first-order chi connectivity index (χ1) is 8.23. The van der Waals surface area contributed by atoms with Crippen LogP contribution < -0.4 is 10.6 Å². The van der Waals surface area contributed by atoms with Crippen molar-refractivity contribution in [3.05, 3.63) is 0 Å². The Bertz CT molecular complexity index is 292. The van der Waals surface area contributed by atoms with Gasteiger partial charge in [0.05, 0.1) is 12.1 Å². The highest BCUT2D eigenvalue weighted by molar-refractivity contribution is 5.83. The van der Waals surface area contributed by atoms with Gasteiger partial charge in [-0.2, -0.15) is 0 Å². The Morgan fingerprint density at radius 1 is 1.39 bits per heavy atom. The van der Waals surface area contributed by atoms with Gasteiger partial charge in [0, 0.05) is 7.11 Å². The molecule has 0 aliphatic heterocycles. The van der Waals surface area contributed by atoms with E-state index in [1.165, 1.54) is 0 Å². The molecule has 0 radical (unpaired) electrons. The van der Waals surface area contributed by atoms with E-state index in [1.807, 2.05) is 6.92 Å². The van der Waals surface area contributed by atoms with Crippen molar-refractivity contribution in [2.45, 2.75) is 45.7 Å². The quantitative estimate of drug-likeness (QED) is 0.642.